The van der Waals surface area contributed by atoms with Crippen molar-refractivity contribution >= 4 is 29.3 Å². The summed E-state index contributed by atoms with van der Waals surface area (Å²) in [5.41, 5.74) is 3.93. The van der Waals surface area contributed by atoms with E-state index in [2.05, 4.69) is 6.07 Å². The van der Waals surface area contributed by atoms with Crippen molar-refractivity contribution in [3.05, 3.63) is 89.4 Å². The molecule has 0 spiro atoms. The molecule has 1 atom stereocenters. The molecule has 152 valence electrons. The van der Waals surface area contributed by atoms with Crippen molar-refractivity contribution in [2.24, 2.45) is 0 Å². The monoisotopic (exact) mass is 418 g/mol. The first-order valence-corrected chi connectivity index (χ1v) is 11.2. The van der Waals surface area contributed by atoms with Crippen molar-refractivity contribution in [2.45, 2.75) is 24.8 Å². The number of nitrogens with zero attached hydrogens (tertiary/aromatic N) is 2. The number of hydrogen-bond acceptors (Lipinski definition) is 4. The molecule has 5 rings (SSSR count). The summed E-state index contributed by atoms with van der Waals surface area (Å²) in [6.45, 7) is 1.19. The van der Waals surface area contributed by atoms with Crippen molar-refractivity contribution in [2.75, 3.05) is 17.2 Å². The second-order valence-electron chi connectivity index (χ2n) is 7.58. The predicted molar refractivity (Wildman–Crippen MR) is 117 cm³/mol. The lowest BCUT2D eigenvalue weighted by Gasteiger charge is -2.29. The third-order valence-corrected chi connectivity index (χ3v) is 6.93. The molecule has 0 N–H and O–H groups in total. The number of amides is 2. The standard InChI is InChI=1S/C24H22N2O3S/c27-22-16-30-24(26(22)15-20-7-4-14-29-20)19-11-9-18(10-12-19)23(28)25-13-3-6-17-5-1-2-8-21(17)25/h1-2,4-5,7-12,14,24H,3,6,13,15-16H2/t24-/m1/s1. The highest BCUT2D eigenvalue weighted by atomic mass is 32.2. The quantitative estimate of drug-likeness (QED) is 0.619. The van der Waals surface area contributed by atoms with Gasteiger partial charge in [0, 0.05) is 17.8 Å². The summed E-state index contributed by atoms with van der Waals surface area (Å²) in [6.07, 6.45) is 3.61. The summed E-state index contributed by atoms with van der Waals surface area (Å²) < 4.78 is 5.42. The Hall–Kier alpha value is -2.99. The van der Waals surface area contributed by atoms with Crippen LogP contribution in [-0.2, 0) is 17.8 Å². The largest absolute Gasteiger partial charge is 0.467 e. The molecule has 5 nitrogen and oxygen atoms in total. The zero-order valence-corrected chi connectivity index (χ0v) is 17.3. The van der Waals surface area contributed by atoms with E-state index in [1.807, 2.05) is 64.4 Å². The van der Waals surface area contributed by atoms with Gasteiger partial charge >= 0.3 is 0 Å². The molecule has 2 aliphatic heterocycles. The van der Waals surface area contributed by atoms with Crippen molar-refractivity contribution in [1.82, 2.24) is 4.90 Å². The molecule has 0 unspecified atom stereocenters. The number of fused-ring (bicyclic) bond motifs is 1. The smallest absolute Gasteiger partial charge is 0.258 e. The topological polar surface area (TPSA) is 53.8 Å². The third kappa shape index (κ3) is 3.52. The Labute approximate surface area is 179 Å². The highest BCUT2D eigenvalue weighted by molar-refractivity contribution is 8.00. The Kier molecular flexibility index (Phi) is 5.09. The van der Waals surface area contributed by atoms with Gasteiger partial charge in [-0.05, 0) is 54.3 Å². The Bertz CT molecular complexity index is 1060. The van der Waals surface area contributed by atoms with Crippen LogP contribution in [0.25, 0.3) is 0 Å². The first-order valence-electron chi connectivity index (χ1n) is 10.1. The summed E-state index contributed by atoms with van der Waals surface area (Å²) >= 11 is 1.61. The number of anilines is 1. The fraction of sp³-hybridized carbons (Fsp3) is 0.250. The van der Waals surface area contributed by atoms with Crippen molar-refractivity contribution < 1.29 is 14.0 Å². The van der Waals surface area contributed by atoms with Gasteiger partial charge in [0.05, 0.1) is 18.6 Å². The number of para-hydroxylation sites is 1. The molecule has 0 saturated carbocycles. The fourth-order valence-corrected chi connectivity index (χ4v) is 5.35. The minimum atomic E-state index is -0.0672. The molecule has 2 amide bonds. The van der Waals surface area contributed by atoms with Crippen molar-refractivity contribution in [3.63, 3.8) is 0 Å². The fourth-order valence-electron chi connectivity index (χ4n) is 4.16. The molecule has 1 saturated heterocycles. The zero-order chi connectivity index (χ0) is 20.5. The Morgan fingerprint density at radius 3 is 2.70 bits per heavy atom. The van der Waals surface area contributed by atoms with E-state index in [1.54, 1.807) is 18.0 Å². The van der Waals surface area contributed by atoms with Crippen LogP contribution in [-0.4, -0.2) is 29.0 Å². The number of benzene rings is 2. The van der Waals surface area contributed by atoms with Crippen molar-refractivity contribution in [1.29, 1.82) is 0 Å². The van der Waals surface area contributed by atoms with E-state index in [9.17, 15) is 9.59 Å². The maximum Gasteiger partial charge on any atom is 0.258 e. The lowest BCUT2D eigenvalue weighted by molar-refractivity contribution is -0.128. The number of furan rings is 1. The van der Waals surface area contributed by atoms with Crippen LogP contribution < -0.4 is 4.90 Å². The molecule has 3 aromatic rings. The molecule has 2 aromatic carbocycles. The van der Waals surface area contributed by atoms with Crippen molar-refractivity contribution in [3.8, 4) is 0 Å². The van der Waals surface area contributed by atoms with E-state index < -0.39 is 0 Å². The van der Waals surface area contributed by atoms with Gasteiger partial charge in [0.15, 0.2) is 0 Å². The molecule has 0 radical (unpaired) electrons. The van der Waals surface area contributed by atoms with Gasteiger partial charge in [0.2, 0.25) is 5.91 Å². The second-order valence-corrected chi connectivity index (χ2v) is 8.64. The van der Waals surface area contributed by atoms with Gasteiger partial charge < -0.3 is 14.2 Å². The van der Waals surface area contributed by atoms with Crippen LogP contribution >= 0.6 is 11.8 Å². The highest BCUT2D eigenvalue weighted by Crippen LogP contribution is 2.39. The molecule has 1 fully saturated rings. The minimum absolute atomic E-state index is 0.0243. The van der Waals surface area contributed by atoms with Crippen LogP contribution in [0.3, 0.4) is 0 Å². The van der Waals surface area contributed by atoms with E-state index in [0.29, 0.717) is 17.9 Å². The van der Waals surface area contributed by atoms with Crippen LogP contribution in [0.2, 0.25) is 0 Å². The summed E-state index contributed by atoms with van der Waals surface area (Å²) in [7, 11) is 0. The Morgan fingerprint density at radius 1 is 1.07 bits per heavy atom. The number of rotatable bonds is 4. The van der Waals surface area contributed by atoms with Crippen LogP contribution in [0.1, 0.15) is 39.0 Å². The lowest BCUT2D eigenvalue weighted by Crippen LogP contribution is -2.35. The van der Waals surface area contributed by atoms with E-state index in [0.717, 1.165) is 36.4 Å². The molecule has 30 heavy (non-hydrogen) atoms. The van der Waals surface area contributed by atoms with Gasteiger partial charge in [0.25, 0.3) is 5.91 Å². The molecule has 0 aliphatic carbocycles. The number of carbonyl (C=O) groups excluding carboxylic acids is 2. The normalized spacial score (nSPS) is 18.5. The first-order chi connectivity index (χ1) is 14.7. The minimum Gasteiger partial charge on any atom is -0.467 e. The maximum absolute atomic E-state index is 13.2. The predicted octanol–water partition coefficient (Wildman–Crippen LogP) is 4.65. The van der Waals surface area contributed by atoms with Gasteiger partial charge in [-0.2, -0.15) is 0 Å². The number of thioether (sulfide) groups is 1. The van der Waals surface area contributed by atoms with Crippen LogP contribution in [0.4, 0.5) is 5.69 Å². The van der Waals surface area contributed by atoms with Gasteiger partial charge in [0.1, 0.15) is 11.1 Å². The number of hydrogen-bond donors (Lipinski definition) is 0. The van der Waals surface area contributed by atoms with E-state index >= 15 is 0 Å². The summed E-state index contributed by atoms with van der Waals surface area (Å²) in [4.78, 5) is 29.3. The number of carbonyl (C=O) groups is 2. The SMILES string of the molecule is O=C(c1ccc([C@H]2SCC(=O)N2Cc2ccco2)cc1)N1CCCc2ccccc21. The van der Waals surface area contributed by atoms with Crippen LogP contribution in [0.15, 0.2) is 71.3 Å². The van der Waals surface area contributed by atoms with Gasteiger partial charge in [-0.3, -0.25) is 9.59 Å². The molecular weight excluding hydrogens is 396 g/mol. The lowest BCUT2D eigenvalue weighted by atomic mass is 10.0. The van der Waals surface area contributed by atoms with E-state index in [4.69, 9.17) is 4.42 Å². The van der Waals surface area contributed by atoms with Crippen LogP contribution in [0.5, 0.6) is 0 Å². The van der Waals surface area contributed by atoms with Gasteiger partial charge in [-0.15, -0.1) is 11.8 Å². The molecular formula is C24H22N2O3S. The molecule has 6 heteroatoms. The second kappa shape index (κ2) is 8.03. The zero-order valence-electron chi connectivity index (χ0n) is 16.5. The number of aryl methyl sites for hydroxylation is 1. The third-order valence-electron chi connectivity index (χ3n) is 5.67. The summed E-state index contributed by atoms with van der Waals surface area (Å²) in [5.74, 6) is 1.35. The Morgan fingerprint density at radius 2 is 1.90 bits per heavy atom. The van der Waals surface area contributed by atoms with Gasteiger partial charge in [-0.25, -0.2) is 0 Å². The average Bonchev–Trinajstić information content (AvgIpc) is 3.43. The summed E-state index contributed by atoms with van der Waals surface area (Å²) in [5, 5.41) is -0.0672. The molecule has 2 aliphatic rings. The average molecular weight is 419 g/mol. The van der Waals surface area contributed by atoms with Gasteiger partial charge in [-0.1, -0.05) is 30.3 Å². The molecule has 3 heterocycles. The first kappa shape index (κ1) is 19.0. The Balaban J connectivity index is 1.36. The van der Waals surface area contributed by atoms with E-state index in [-0.39, 0.29) is 17.2 Å². The molecule has 0 bridgehead atoms. The summed E-state index contributed by atoms with van der Waals surface area (Å²) in [6, 6.07) is 19.5. The highest BCUT2D eigenvalue weighted by Gasteiger charge is 2.33. The maximum atomic E-state index is 13.2. The molecule has 1 aromatic heterocycles. The van der Waals surface area contributed by atoms with Crippen LogP contribution in [0, 0.1) is 0 Å². The van der Waals surface area contributed by atoms with E-state index in [1.165, 1.54) is 5.56 Å².